The molecule has 1 aromatic carbocycles. The molecule has 19 heavy (non-hydrogen) atoms. The van der Waals surface area contributed by atoms with E-state index in [1.165, 1.54) is 0 Å². The zero-order chi connectivity index (χ0) is 13.8. The van der Waals surface area contributed by atoms with Crippen LogP contribution in [0.4, 0.5) is 0 Å². The first-order valence-corrected chi connectivity index (χ1v) is 6.25. The number of rotatable bonds is 5. The number of nitrogens with zero attached hydrogens (tertiary/aromatic N) is 2. The number of aliphatic carboxylic acids is 1. The number of carboxylic acid groups (broad SMARTS) is 1. The van der Waals surface area contributed by atoms with E-state index in [4.69, 9.17) is 21.1 Å². The van der Waals surface area contributed by atoms with Gasteiger partial charge in [-0.2, -0.15) is 0 Å². The van der Waals surface area contributed by atoms with Gasteiger partial charge in [-0.05, 0) is 37.1 Å². The Morgan fingerprint density at radius 2 is 2.21 bits per heavy atom. The molecule has 100 valence electrons. The van der Waals surface area contributed by atoms with Gasteiger partial charge in [0.1, 0.15) is 0 Å². The van der Waals surface area contributed by atoms with Gasteiger partial charge in [0, 0.05) is 23.4 Å². The highest BCUT2D eigenvalue weighted by atomic mass is 35.5. The predicted octanol–water partition coefficient (Wildman–Crippen LogP) is 3.11. The molecule has 6 heteroatoms. The van der Waals surface area contributed by atoms with Crippen LogP contribution in [0.2, 0.25) is 5.02 Å². The van der Waals surface area contributed by atoms with Gasteiger partial charge in [0.15, 0.2) is 0 Å². The van der Waals surface area contributed by atoms with E-state index in [1.807, 2.05) is 19.1 Å². The van der Waals surface area contributed by atoms with Gasteiger partial charge in [-0.1, -0.05) is 11.6 Å². The molecule has 0 saturated heterocycles. The molecule has 0 aliphatic heterocycles. The van der Waals surface area contributed by atoms with Crippen molar-refractivity contribution in [3.8, 4) is 11.5 Å². The summed E-state index contributed by atoms with van der Waals surface area (Å²) in [5.74, 6) is 0.0435. The van der Waals surface area contributed by atoms with Crippen LogP contribution >= 0.6 is 11.6 Å². The van der Waals surface area contributed by atoms with Crippen molar-refractivity contribution in [2.24, 2.45) is 0 Å². The standard InChI is InChI=1S/C13H13ClN2O3/c1-8-7-9(5-6-10(8)14)13-16-15-11(19-13)3-2-4-12(17)18/h5-7H,2-4H2,1H3,(H,17,18). The topological polar surface area (TPSA) is 76.2 Å². The van der Waals surface area contributed by atoms with Crippen LogP contribution in [-0.2, 0) is 11.2 Å². The minimum Gasteiger partial charge on any atom is -0.481 e. The van der Waals surface area contributed by atoms with Crippen LogP contribution in [0.25, 0.3) is 11.5 Å². The molecule has 2 rings (SSSR count). The average Bonchev–Trinajstić information content (AvgIpc) is 2.81. The number of hydrogen-bond donors (Lipinski definition) is 1. The Labute approximate surface area is 115 Å². The monoisotopic (exact) mass is 280 g/mol. The van der Waals surface area contributed by atoms with Crippen molar-refractivity contribution in [1.82, 2.24) is 10.2 Å². The summed E-state index contributed by atoms with van der Waals surface area (Å²) in [7, 11) is 0. The Morgan fingerprint density at radius 1 is 1.42 bits per heavy atom. The molecule has 0 atom stereocenters. The molecule has 0 radical (unpaired) electrons. The Morgan fingerprint density at radius 3 is 2.89 bits per heavy atom. The fourth-order valence-corrected chi connectivity index (χ4v) is 1.76. The highest BCUT2D eigenvalue weighted by molar-refractivity contribution is 6.31. The lowest BCUT2D eigenvalue weighted by Gasteiger charge is -1.99. The Balaban J connectivity index is 2.07. The van der Waals surface area contributed by atoms with Crippen molar-refractivity contribution in [1.29, 1.82) is 0 Å². The summed E-state index contributed by atoms with van der Waals surface area (Å²) in [6, 6.07) is 5.46. The zero-order valence-corrected chi connectivity index (χ0v) is 11.1. The van der Waals surface area contributed by atoms with Crippen molar-refractivity contribution >= 4 is 17.6 Å². The maximum Gasteiger partial charge on any atom is 0.303 e. The van der Waals surface area contributed by atoms with Crippen LogP contribution in [0.15, 0.2) is 22.6 Å². The van der Waals surface area contributed by atoms with Crippen LogP contribution in [0.5, 0.6) is 0 Å². The predicted molar refractivity (Wildman–Crippen MR) is 70.1 cm³/mol. The van der Waals surface area contributed by atoms with Crippen LogP contribution < -0.4 is 0 Å². The number of halogens is 1. The molecule has 2 aromatic rings. The third kappa shape index (κ3) is 3.54. The van der Waals surface area contributed by atoms with E-state index < -0.39 is 5.97 Å². The van der Waals surface area contributed by atoms with Gasteiger partial charge in [0.2, 0.25) is 11.8 Å². The molecular formula is C13H13ClN2O3. The first-order chi connectivity index (χ1) is 9.06. The second-order valence-corrected chi connectivity index (χ2v) is 4.62. The van der Waals surface area contributed by atoms with Gasteiger partial charge in [-0.25, -0.2) is 0 Å². The van der Waals surface area contributed by atoms with Gasteiger partial charge in [0.25, 0.3) is 0 Å². The van der Waals surface area contributed by atoms with Crippen molar-refractivity contribution in [3.05, 3.63) is 34.7 Å². The maximum absolute atomic E-state index is 10.4. The second kappa shape index (κ2) is 5.84. The molecule has 0 bridgehead atoms. The molecule has 0 fully saturated rings. The fraction of sp³-hybridized carbons (Fsp3) is 0.308. The van der Waals surface area contributed by atoms with Crippen molar-refractivity contribution < 1.29 is 14.3 Å². The first-order valence-electron chi connectivity index (χ1n) is 5.87. The van der Waals surface area contributed by atoms with Crippen molar-refractivity contribution in [3.63, 3.8) is 0 Å². The zero-order valence-electron chi connectivity index (χ0n) is 10.4. The number of hydrogen-bond acceptors (Lipinski definition) is 4. The highest BCUT2D eigenvalue weighted by Crippen LogP contribution is 2.24. The fourth-order valence-electron chi connectivity index (χ4n) is 1.64. The molecule has 0 aliphatic carbocycles. The van der Waals surface area contributed by atoms with E-state index in [0.29, 0.717) is 29.6 Å². The third-order valence-corrected chi connectivity index (χ3v) is 3.08. The SMILES string of the molecule is Cc1cc(-c2nnc(CCCC(=O)O)o2)ccc1Cl. The summed E-state index contributed by atoms with van der Waals surface area (Å²) < 4.78 is 5.49. The molecule has 0 amide bonds. The molecule has 0 saturated carbocycles. The molecule has 1 N–H and O–H groups in total. The summed E-state index contributed by atoms with van der Waals surface area (Å²) in [5, 5.41) is 17.1. The van der Waals surface area contributed by atoms with E-state index in [1.54, 1.807) is 6.07 Å². The van der Waals surface area contributed by atoms with Crippen LogP contribution in [-0.4, -0.2) is 21.3 Å². The van der Waals surface area contributed by atoms with Gasteiger partial charge < -0.3 is 9.52 Å². The minimum absolute atomic E-state index is 0.0950. The smallest absolute Gasteiger partial charge is 0.303 e. The number of carbonyl (C=O) groups is 1. The quantitative estimate of drug-likeness (QED) is 0.910. The Kier molecular flexibility index (Phi) is 4.16. The van der Waals surface area contributed by atoms with Gasteiger partial charge in [-0.15, -0.1) is 10.2 Å². The first kappa shape index (κ1) is 13.5. The number of aromatic nitrogens is 2. The summed E-state index contributed by atoms with van der Waals surface area (Å²) in [5.41, 5.74) is 1.74. The van der Waals surface area contributed by atoms with Gasteiger partial charge >= 0.3 is 5.97 Å². The Bertz CT molecular complexity index is 595. The summed E-state index contributed by atoms with van der Waals surface area (Å²) >= 11 is 5.95. The number of aryl methyl sites for hydroxylation is 2. The largest absolute Gasteiger partial charge is 0.481 e. The van der Waals surface area contributed by atoms with E-state index in [2.05, 4.69) is 10.2 Å². The van der Waals surface area contributed by atoms with E-state index in [9.17, 15) is 4.79 Å². The lowest BCUT2D eigenvalue weighted by molar-refractivity contribution is -0.137. The molecule has 0 aliphatic rings. The average molecular weight is 281 g/mol. The van der Waals surface area contributed by atoms with Crippen LogP contribution in [0.1, 0.15) is 24.3 Å². The van der Waals surface area contributed by atoms with Crippen LogP contribution in [0.3, 0.4) is 0 Å². The lowest BCUT2D eigenvalue weighted by atomic mass is 10.1. The lowest BCUT2D eigenvalue weighted by Crippen LogP contribution is -1.95. The van der Waals surface area contributed by atoms with E-state index in [0.717, 1.165) is 11.1 Å². The normalized spacial score (nSPS) is 10.6. The van der Waals surface area contributed by atoms with E-state index in [-0.39, 0.29) is 6.42 Å². The Hall–Kier alpha value is -1.88. The molecule has 1 heterocycles. The number of benzene rings is 1. The molecule has 1 aromatic heterocycles. The van der Waals surface area contributed by atoms with Crippen molar-refractivity contribution in [2.75, 3.05) is 0 Å². The van der Waals surface area contributed by atoms with Crippen molar-refractivity contribution in [2.45, 2.75) is 26.2 Å². The summed E-state index contributed by atoms with van der Waals surface area (Å²) in [6.07, 6.45) is 1.04. The minimum atomic E-state index is -0.826. The molecule has 0 spiro atoms. The van der Waals surface area contributed by atoms with Crippen LogP contribution in [0, 0.1) is 6.92 Å². The van der Waals surface area contributed by atoms with Gasteiger partial charge in [-0.3, -0.25) is 4.79 Å². The molecular weight excluding hydrogens is 268 g/mol. The van der Waals surface area contributed by atoms with Gasteiger partial charge in [0.05, 0.1) is 0 Å². The summed E-state index contributed by atoms with van der Waals surface area (Å²) in [6.45, 7) is 1.90. The summed E-state index contributed by atoms with van der Waals surface area (Å²) in [4.78, 5) is 10.4. The van der Waals surface area contributed by atoms with E-state index >= 15 is 0 Å². The molecule has 5 nitrogen and oxygen atoms in total. The number of carboxylic acids is 1. The third-order valence-electron chi connectivity index (χ3n) is 2.65. The molecule has 0 unspecified atom stereocenters. The second-order valence-electron chi connectivity index (χ2n) is 4.21. The maximum atomic E-state index is 10.4. The highest BCUT2D eigenvalue weighted by Gasteiger charge is 2.10.